The topological polar surface area (TPSA) is 61.2 Å². The molecule has 0 N–H and O–H groups in total. The second-order valence-corrected chi connectivity index (χ2v) is 8.05. The van der Waals surface area contributed by atoms with Gasteiger partial charge in [0.05, 0.1) is 23.2 Å². The number of hydrogen-bond acceptors (Lipinski definition) is 4. The molecule has 0 aliphatic carbocycles. The van der Waals surface area contributed by atoms with E-state index < -0.39 is 9.84 Å². The lowest BCUT2D eigenvalue weighted by molar-refractivity contribution is 0.0897. The van der Waals surface area contributed by atoms with E-state index in [9.17, 15) is 8.42 Å². The average molecular weight is 306 g/mol. The number of benzene rings is 1. The summed E-state index contributed by atoms with van der Waals surface area (Å²) in [7, 11) is -3.34. The Balaban J connectivity index is 1.79. The molecule has 0 amide bonds. The SMILES string of the molecule is CS(=O)(=O)c1nc2ccccc2n1CC1CC2CCC1O2. The Morgan fingerprint density at radius 3 is 2.81 bits per heavy atom. The van der Waals surface area contributed by atoms with Crippen LogP contribution < -0.4 is 0 Å². The lowest BCUT2D eigenvalue weighted by Crippen LogP contribution is -2.23. The number of imidazole rings is 1. The van der Waals surface area contributed by atoms with E-state index in [0.29, 0.717) is 18.6 Å². The number of hydrogen-bond donors (Lipinski definition) is 0. The molecule has 3 atom stereocenters. The van der Waals surface area contributed by atoms with Crippen molar-refractivity contribution < 1.29 is 13.2 Å². The zero-order valence-corrected chi connectivity index (χ0v) is 12.7. The Kier molecular flexibility index (Phi) is 2.87. The second-order valence-electron chi connectivity index (χ2n) is 6.14. The Bertz CT molecular complexity index is 796. The molecule has 0 saturated carbocycles. The van der Waals surface area contributed by atoms with Gasteiger partial charge in [-0.3, -0.25) is 0 Å². The van der Waals surface area contributed by atoms with Gasteiger partial charge >= 0.3 is 0 Å². The number of ether oxygens (including phenoxy) is 1. The Labute approximate surface area is 123 Å². The van der Waals surface area contributed by atoms with Crippen molar-refractivity contribution in [1.82, 2.24) is 9.55 Å². The van der Waals surface area contributed by atoms with Crippen LogP contribution in [0.2, 0.25) is 0 Å². The predicted molar refractivity (Wildman–Crippen MR) is 78.8 cm³/mol. The Hall–Kier alpha value is -1.40. The van der Waals surface area contributed by atoms with E-state index in [0.717, 1.165) is 30.3 Å². The summed E-state index contributed by atoms with van der Waals surface area (Å²) in [6.45, 7) is 0.671. The molecule has 0 radical (unpaired) electrons. The summed E-state index contributed by atoms with van der Waals surface area (Å²) >= 11 is 0. The van der Waals surface area contributed by atoms with Crippen molar-refractivity contribution in [3.05, 3.63) is 24.3 Å². The van der Waals surface area contributed by atoms with E-state index in [-0.39, 0.29) is 11.3 Å². The van der Waals surface area contributed by atoms with E-state index in [1.807, 2.05) is 28.8 Å². The van der Waals surface area contributed by atoms with Crippen LogP contribution in [0.15, 0.2) is 29.4 Å². The number of sulfone groups is 1. The molecule has 0 spiro atoms. The fourth-order valence-electron chi connectivity index (χ4n) is 3.68. The summed E-state index contributed by atoms with van der Waals surface area (Å²) in [6.07, 6.45) is 5.14. The Morgan fingerprint density at radius 2 is 2.14 bits per heavy atom. The Morgan fingerprint density at radius 1 is 1.33 bits per heavy atom. The van der Waals surface area contributed by atoms with E-state index >= 15 is 0 Å². The van der Waals surface area contributed by atoms with Crippen molar-refractivity contribution in [3.8, 4) is 0 Å². The molecule has 4 rings (SSSR count). The molecule has 1 aromatic heterocycles. The molecule has 2 aromatic rings. The summed E-state index contributed by atoms with van der Waals surface area (Å²) in [6, 6.07) is 7.60. The lowest BCUT2D eigenvalue weighted by Gasteiger charge is -2.20. The van der Waals surface area contributed by atoms with Crippen LogP contribution in [0.3, 0.4) is 0 Å². The van der Waals surface area contributed by atoms with Gasteiger partial charge in [-0.2, -0.15) is 0 Å². The van der Waals surface area contributed by atoms with Gasteiger partial charge in [0.2, 0.25) is 15.0 Å². The first-order valence-corrected chi connectivity index (χ1v) is 9.22. The first-order chi connectivity index (χ1) is 10.0. The van der Waals surface area contributed by atoms with Crippen LogP contribution in [0.4, 0.5) is 0 Å². The summed E-state index contributed by atoms with van der Waals surface area (Å²) in [4.78, 5) is 4.32. The highest BCUT2D eigenvalue weighted by Crippen LogP contribution is 2.40. The second kappa shape index (κ2) is 4.55. The largest absolute Gasteiger partial charge is 0.375 e. The van der Waals surface area contributed by atoms with Crippen LogP contribution in [0.25, 0.3) is 11.0 Å². The molecule has 6 heteroatoms. The lowest BCUT2D eigenvalue weighted by atomic mass is 9.89. The molecule has 112 valence electrons. The highest BCUT2D eigenvalue weighted by molar-refractivity contribution is 7.90. The smallest absolute Gasteiger partial charge is 0.228 e. The molecule has 21 heavy (non-hydrogen) atoms. The zero-order chi connectivity index (χ0) is 14.6. The molecule has 3 heterocycles. The minimum absolute atomic E-state index is 0.173. The summed E-state index contributed by atoms with van der Waals surface area (Å²) < 4.78 is 31.8. The molecule has 2 aliphatic heterocycles. The third-order valence-electron chi connectivity index (χ3n) is 4.60. The molecule has 2 bridgehead atoms. The molecule has 3 unspecified atom stereocenters. The number of rotatable bonds is 3. The van der Waals surface area contributed by atoms with Gasteiger partial charge in [-0.25, -0.2) is 13.4 Å². The molecule has 1 aromatic carbocycles. The van der Waals surface area contributed by atoms with Crippen LogP contribution >= 0.6 is 0 Å². The van der Waals surface area contributed by atoms with Crippen molar-refractivity contribution in [1.29, 1.82) is 0 Å². The number of fused-ring (bicyclic) bond motifs is 3. The van der Waals surface area contributed by atoms with Gasteiger partial charge in [0, 0.05) is 18.7 Å². The third kappa shape index (κ3) is 2.17. The molecule has 5 nitrogen and oxygen atoms in total. The van der Waals surface area contributed by atoms with Crippen LogP contribution in [-0.2, 0) is 21.1 Å². The fraction of sp³-hybridized carbons (Fsp3) is 0.533. The molecule has 2 aliphatic rings. The van der Waals surface area contributed by atoms with E-state index in [1.165, 1.54) is 6.26 Å². The van der Waals surface area contributed by atoms with Crippen LogP contribution in [0.1, 0.15) is 19.3 Å². The maximum Gasteiger partial charge on any atom is 0.228 e. The fourth-order valence-corrected chi connectivity index (χ4v) is 4.52. The number of para-hydroxylation sites is 2. The van der Waals surface area contributed by atoms with Crippen molar-refractivity contribution in [2.24, 2.45) is 5.92 Å². The highest BCUT2D eigenvalue weighted by Gasteiger charge is 2.41. The zero-order valence-electron chi connectivity index (χ0n) is 11.9. The van der Waals surface area contributed by atoms with Crippen LogP contribution in [-0.4, -0.2) is 36.4 Å². The minimum atomic E-state index is -3.34. The summed E-state index contributed by atoms with van der Waals surface area (Å²) in [5.41, 5.74) is 1.63. The molecular weight excluding hydrogens is 288 g/mol. The molecule has 2 saturated heterocycles. The number of nitrogens with zero attached hydrogens (tertiary/aromatic N) is 2. The van der Waals surface area contributed by atoms with Crippen molar-refractivity contribution in [3.63, 3.8) is 0 Å². The van der Waals surface area contributed by atoms with Crippen molar-refractivity contribution in [2.45, 2.75) is 43.2 Å². The summed E-state index contributed by atoms with van der Waals surface area (Å²) in [5.74, 6) is 0.391. The monoisotopic (exact) mass is 306 g/mol. The van der Waals surface area contributed by atoms with Crippen LogP contribution in [0.5, 0.6) is 0 Å². The first kappa shape index (κ1) is 13.3. The van der Waals surface area contributed by atoms with Crippen molar-refractivity contribution in [2.75, 3.05) is 6.26 Å². The van der Waals surface area contributed by atoms with E-state index in [4.69, 9.17) is 4.74 Å². The third-order valence-corrected chi connectivity index (χ3v) is 5.58. The average Bonchev–Trinajstić information content (AvgIpc) is 3.12. The van der Waals surface area contributed by atoms with Crippen molar-refractivity contribution >= 4 is 20.9 Å². The standard InChI is InChI=1S/C15H18N2O3S/c1-21(18,19)15-16-12-4-2-3-5-13(12)17(15)9-10-8-11-6-7-14(10)20-11/h2-5,10-11,14H,6-9H2,1H3. The quantitative estimate of drug-likeness (QED) is 0.870. The van der Waals surface area contributed by atoms with E-state index in [2.05, 4.69) is 4.98 Å². The van der Waals surface area contributed by atoms with Gasteiger partial charge in [-0.05, 0) is 31.4 Å². The molecule has 2 fully saturated rings. The van der Waals surface area contributed by atoms with Gasteiger partial charge in [0.25, 0.3) is 0 Å². The number of aromatic nitrogens is 2. The predicted octanol–water partition coefficient (Wildman–Crippen LogP) is 2.01. The maximum absolute atomic E-state index is 12.0. The van der Waals surface area contributed by atoms with Gasteiger partial charge in [-0.1, -0.05) is 12.1 Å². The van der Waals surface area contributed by atoms with Gasteiger partial charge in [0.15, 0.2) is 0 Å². The highest BCUT2D eigenvalue weighted by atomic mass is 32.2. The van der Waals surface area contributed by atoms with E-state index in [1.54, 1.807) is 0 Å². The maximum atomic E-state index is 12.0. The minimum Gasteiger partial charge on any atom is -0.375 e. The van der Waals surface area contributed by atoms with Gasteiger partial charge in [-0.15, -0.1) is 0 Å². The first-order valence-electron chi connectivity index (χ1n) is 7.33. The van der Waals surface area contributed by atoms with Gasteiger partial charge < -0.3 is 9.30 Å². The van der Waals surface area contributed by atoms with Gasteiger partial charge in [0.1, 0.15) is 0 Å². The molecular formula is C15H18N2O3S. The summed E-state index contributed by atoms with van der Waals surface area (Å²) in [5, 5.41) is 0.173. The van der Waals surface area contributed by atoms with Crippen LogP contribution in [0, 0.1) is 5.92 Å². The normalized spacial score (nSPS) is 28.5.